The Morgan fingerprint density at radius 1 is 1.20 bits per heavy atom. The molecule has 0 bridgehead atoms. The van der Waals surface area contributed by atoms with Gasteiger partial charge in [0.25, 0.3) is 0 Å². The van der Waals surface area contributed by atoms with Gasteiger partial charge in [0, 0.05) is 0 Å². The van der Waals surface area contributed by atoms with E-state index in [1.165, 1.54) is 45.4 Å². The SMILES string of the molecule is CCCCCCCCCC1=CC2(C(C)=O)OC2(O)C=C1. The summed E-state index contributed by atoms with van der Waals surface area (Å²) in [4.78, 5) is 11.6. The fraction of sp³-hybridized carbons (Fsp3) is 0.706. The zero-order chi connectivity index (χ0) is 14.6. The maximum absolute atomic E-state index is 11.6. The van der Waals surface area contributed by atoms with E-state index in [0.29, 0.717) is 0 Å². The number of ether oxygens (including phenoxy) is 1. The van der Waals surface area contributed by atoms with Crippen LogP contribution in [0.25, 0.3) is 0 Å². The van der Waals surface area contributed by atoms with Gasteiger partial charge in [-0.3, -0.25) is 4.79 Å². The Bertz CT molecular complexity index is 424. The van der Waals surface area contributed by atoms with Crippen molar-refractivity contribution in [3.63, 3.8) is 0 Å². The molecule has 0 spiro atoms. The first-order valence-corrected chi connectivity index (χ1v) is 7.88. The molecule has 2 rings (SSSR count). The summed E-state index contributed by atoms with van der Waals surface area (Å²) in [5.74, 6) is -1.50. The van der Waals surface area contributed by atoms with Crippen LogP contribution in [0.15, 0.2) is 23.8 Å². The van der Waals surface area contributed by atoms with Gasteiger partial charge >= 0.3 is 0 Å². The number of aliphatic hydroxyl groups is 1. The molecule has 0 radical (unpaired) electrons. The van der Waals surface area contributed by atoms with Crippen LogP contribution < -0.4 is 0 Å². The molecule has 1 aliphatic carbocycles. The van der Waals surface area contributed by atoms with Crippen molar-refractivity contribution in [2.45, 2.75) is 76.6 Å². The van der Waals surface area contributed by atoms with Gasteiger partial charge in [-0.2, -0.15) is 0 Å². The second-order valence-electron chi connectivity index (χ2n) is 6.01. The summed E-state index contributed by atoms with van der Waals surface area (Å²) in [6.07, 6.45) is 15.2. The van der Waals surface area contributed by atoms with E-state index >= 15 is 0 Å². The number of fused-ring (bicyclic) bond motifs is 1. The fourth-order valence-corrected chi connectivity index (χ4v) is 2.91. The van der Waals surface area contributed by atoms with Gasteiger partial charge in [-0.1, -0.05) is 51.5 Å². The minimum absolute atomic E-state index is 0.124. The number of unbranched alkanes of at least 4 members (excludes halogenated alkanes) is 6. The standard InChI is InChI=1S/C17H26O3/c1-3-4-5-6-7-8-9-10-15-11-12-17(19)16(13-15,20-17)14(2)18/h11-13,19H,3-10H2,1-2H3. The molecule has 0 aromatic heterocycles. The van der Waals surface area contributed by atoms with Crippen molar-refractivity contribution in [1.82, 2.24) is 0 Å². The molecule has 0 aromatic carbocycles. The minimum Gasteiger partial charge on any atom is -0.359 e. The number of Topliss-reactive ketones (excluding diaryl/α,β-unsaturated/α-hetero) is 1. The molecule has 2 aliphatic rings. The van der Waals surface area contributed by atoms with Gasteiger partial charge < -0.3 is 9.84 Å². The van der Waals surface area contributed by atoms with Gasteiger partial charge in [0.1, 0.15) is 0 Å². The topological polar surface area (TPSA) is 49.8 Å². The van der Waals surface area contributed by atoms with E-state index in [1.807, 2.05) is 12.2 Å². The normalized spacial score (nSPS) is 30.9. The Morgan fingerprint density at radius 2 is 1.85 bits per heavy atom. The number of hydrogen-bond donors (Lipinski definition) is 1. The summed E-state index contributed by atoms with van der Waals surface area (Å²) in [6, 6.07) is 0. The summed E-state index contributed by atoms with van der Waals surface area (Å²) < 4.78 is 5.26. The highest BCUT2D eigenvalue weighted by Gasteiger charge is 2.71. The van der Waals surface area contributed by atoms with Gasteiger partial charge in [0.15, 0.2) is 5.78 Å². The molecule has 1 aliphatic heterocycles. The highest BCUT2D eigenvalue weighted by molar-refractivity contribution is 5.93. The van der Waals surface area contributed by atoms with Crippen molar-refractivity contribution >= 4 is 5.78 Å². The van der Waals surface area contributed by atoms with E-state index in [2.05, 4.69) is 6.92 Å². The van der Waals surface area contributed by atoms with Crippen LogP contribution in [0.4, 0.5) is 0 Å². The third-order valence-electron chi connectivity index (χ3n) is 4.31. The quantitative estimate of drug-likeness (QED) is 0.517. The first-order valence-electron chi connectivity index (χ1n) is 7.88. The van der Waals surface area contributed by atoms with Gasteiger partial charge in [-0.05, 0) is 37.5 Å². The summed E-state index contributed by atoms with van der Waals surface area (Å²) >= 11 is 0. The third-order valence-corrected chi connectivity index (χ3v) is 4.31. The average Bonchev–Trinajstić information content (AvgIpc) is 3.05. The lowest BCUT2D eigenvalue weighted by atomic mass is 9.88. The number of epoxide rings is 1. The number of carbonyl (C=O) groups is 1. The Morgan fingerprint density at radius 3 is 2.50 bits per heavy atom. The summed E-state index contributed by atoms with van der Waals surface area (Å²) in [6.45, 7) is 3.70. The maximum Gasteiger partial charge on any atom is 0.228 e. The number of allylic oxidation sites excluding steroid dienone is 2. The second kappa shape index (κ2) is 6.23. The van der Waals surface area contributed by atoms with Gasteiger partial charge in [0.05, 0.1) is 0 Å². The van der Waals surface area contributed by atoms with Crippen molar-refractivity contribution in [2.75, 3.05) is 0 Å². The van der Waals surface area contributed by atoms with E-state index in [9.17, 15) is 9.90 Å². The lowest BCUT2D eigenvalue weighted by molar-refractivity contribution is -0.120. The number of hydrogen-bond acceptors (Lipinski definition) is 3. The average molecular weight is 278 g/mol. The molecule has 20 heavy (non-hydrogen) atoms. The van der Waals surface area contributed by atoms with Crippen molar-refractivity contribution in [3.8, 4) is 0 Å². The maximum atomic E-state index is 11.6. The van der Waals surface area contributed by atoms with Crippen LogP contribution in [0.3, 0.4) is 0 Å². The molecule has 0 aromatic rings. The molecule has 3 heteroatoms. The van der Waals surface area contributed by atoms with E-state index in [-0.39, 0.29) is 5.78 Å². The number of carbonyl (C=O) groups excluding carboxylic acids is 1. The predicted octanol–water partition coefficient (Wildman–Crippen LogP) is 3.67. The van der Waals surface area contributed by atoms with E-state index in [4.69, 9.17) is 4.74 Å². The van der Waals surface area contributed by atoms with Crippen LogP contribution in [-0.4, -0.2) is 22.3 Å². The van der Waals surface area contributed by atoms with Gasteiger partial charge in [-0.15, -0.1) is 0 Å². The zero-order valence-electron chi connectivity index (χ0n) is 12.7. The minimum atomic E-state index is -1.37. The van der Waals surface area contributed by atoms with Crippen LogP contribution in [0.1, 0.15) is 65.2 Å². The largest absolute Gasteiger partial charge is 0.359 e. The summed E-state index contributed by atoms with van der Waals surface area (Å²) in [5, 5.41) is 10.0. The molecule has 112 valence electrons. The third kappa shape index (κ3) is 3.04. The fourth-order valence-electron chi connectivity index (χ4n) is 2.91. The zero-order valence-corrected chi connectivity index (χ0v) is 12.7. The van der Waals surface area contributed by atoms with Crippen LogP contribution in [0.5, 0.6) is 0 Å². The number of ketones is 1. The van der Waals surface area contributed by atoms with E-state index < -0.39 is 11.4 Å². The van der Waals surface area contributed by atoms with Crippen molar-refractivity contribution < 1.29 is 14.6 Å². The molecule has 1 N–H and O–H groups in total. The molecule has 0 saturated carbocycles. The van der Waals surface area contributed by atoms with E-state index in [0.717, 1.165) is 18.4 Å². The van der Waals surface area contributed by atoms with Gasteiger partial charge in [-0.25, -0.2) is 0 Å². The molecule has 1 saturated heterocycles. The Labute approximate surface area is 121 Å². The Hall–Kier alpha value is -0.930. The highest BCUT2D eigenvalue weighted by atomic mass is 16.8. The summed E-state index contributed by atoms with van der Waals surface area (Å²) in [7, 11) is 0. The summed E-state index contributed by atoms with van der Waals surface area (Å²) in [5.41, 5.74) is 0.0222. The van der Waals surface area contributed by atoms with E-state index in [1.54, 1.807) is 6.08 Å². The molecular weight excluding hydrogens is 252 g/mol. The monoisotopic (exact) mass is 278 g/mol. The first kappa shape index (κ1) is 15.5. The van der Waals surface area contributed by atoms with Gasteiger partial charge in [0.2, 0.25) is 11.4 Å². The Kier molecular flexibility index (Phi) is 4.82. The Balaban J connectivity index is 1.72. The van der Waals surface area contributed by atoms with Crippen LogP contribution in [0.2, 0.25) is 0 Å². The highest BCUT2D eigenvalue weighted by Crippen LogP contribution is 2.52. The smallest absolute Gasteiger partial charge is 0.228 e. The lowest BCUT2D eigenvalue weighted by Crippen LogP contribution is -2.31. The second-order valence-corrected chi connectivity index (χ2v) is 6.01. The molecule has 0 amide bonds. The van der Waals surface area contributed by atoms with Crippen molar-refractivity contribution in [1.29, 1.82) is 0 Å². The molecule has 1 fully saturated rings. The molecule has 3 nitrogen and oxygen atoms in total. The van der Waals surface area contributed by atoms with Crippen molar-refractivity contribution in [3.05, 3.63) is 23.8 Å². The molecular formula is C17H26O3. The van der Waals surface area contributed by atoms with Crippen LogP contribution in [0, 0.1) is 0 Å². The number of rotatable bonds is 9. The molecule has 2 atom stereocenters. The lowest BCUT2D eigenvalue weighted by Gasteiger charge is -2.13. The van der Waals surface area contributed by atoms with Crippen LogP contribution in [-0.2, 0) is 9.53 Å². The predicted molar refractivity (Wildman–Crippen MR) is 79.3 cm³/mol. The molecule has 2 unspecified atom stereocenters. The van der Waals surface area contributed by atoms with Crippen LogP contribution >= 0.6 is 0 Å². The molecule has 1 heterocycles. The first-order chi connectivity index (χ1) is 9.54. The van der Waals surface area contributed by atoms with Crippen molar-refractivity contribution in [2.24, 2.45) is 0 Å².